The maximum absolute atomic E-state index is 5.01. The van der Waals surface area contributed by atoms with E-state index >= 15 is 0 Å². The molecule has 1 nitrogen and oxygen atoms in total. The molecule has 2 heteroatoms. The van der Waals surface area contributed by atoms with E-state index in [1.54, 1.807) is 21.9 Å². The zero-order chi connectivity index (χ0) is 18.9. The zero-order valence-electron chi connectivity index (χ0n) is 17.5. The zero-order valence-corrected chi connectivity index (χ0v) is 18.5. The lowest BCUT2D eigenvalue weighted by Crippen LogP contribution is -2.41. The first-order chi connectivity index (χ1) is 13.0. The Hall–Kier alpha value is -1.41. The van der Waals surface area contributed by atoms with Crippen molar-refractivity contribution in [1.82, 2.24) is 4.98 Å². The summed E-state index contributed by atoms with van der Waals surface area (Å²) in [7, 11) is -1.38. The highest BCUT2D eigenvalue weighted by atomic mass is 28.3. The van der Waals surface area contributed by atoms with Gasteiger partial charge in [0.2, 0.25) is 0 Å². The molecule has 0 bridgehead atoms. The van der Waals surface area contributed by atoms with Gasteiger partial charge in [-0.3, -0.25) is 4.98 Å². The first-order valence-electron chi connectivity index (χ1n) is 11.1. The number of benzene rings is 1. The summed E-state index contributed by atoms with van der Waals surface area (Å²) in [6, 6.07) is 9.36. The van der Waals surface area contributed by atoms with Gasteiger partial charge in [0.25, 0.3) is 0 Å². The monoisotopic (exact) mass is 377 g/mol. The quantitative estimate of drug-likeness (QED) is 0.570. The number of pyridine rings is 1. The molecule has 0 saturated heterocycles. The minimum atomic E-state index is -1.38. The highest BCUT2D eigenvalue weighted by molar-refractivity contribution is 6.89. The third-order valence-corrected chi connectivity index (χ3v) is 8.77. The van der Waals surface area contributed by atoms with Crippen LogP contribution < -0.4 is 5.19 Å². The molecule has 1 heterocycles. The minimum absolute atomic E-state index is 0.883. The maximum atomic E-state index is 5.01. The maximum Gasteiger partial charge on any atom is 0.0799 e. The fourth-order valence-electron chi connectivity index (χ4n) is 5.21. The van der Waals surface area contributed by atoms with Crippen molar-refractivity contribution in [2.45, 2.75) is 83.8 Å². The highest BCUT2D eigenvalue weighted by Crippen LogP contribution is 2.32. The summed E-state index contributed by atoms with van der Waals surface area (Å²) < 4.78 is 0. The Morgan fingerprint density at radius 2 is 1.74 bits per heavy atom. The molecule has 27 heavy (non-hydrogen) atoms. The van der Waals surface area contributed by atoms with Crippen LogP contribution in [-0.2, 0) is 19.3 Å². The van der Waals surface area contributed by atoms with Crippen LogP contribution in [-0.4, -0.2) is 13.1 Å². The van der Waals surface area contributed by atoms with Crippen LogP contribution >= 0.6 is 0 Å². The standard InChI is InChI=1S/C25H35NSi/c1-27(2,3)25-18-26-24(17-21(25)16-19-10-5-4-6-11-19)23-15-9-13-20-12-7-8-14-22(20)23/h9,13,15,17-19H,4-8,10-12,14,16H2,1-3H3. The second kappa shape index (κ2) is 7.91. The van der Waals surface area contributed by atoms with Crippen molar-refractivity contribution in [2.75, 3.05) is 0 Å². The molecule has 0 aliphatic heterocycles. The number of hydrogen-bond donors (Lipinski definition) is 0. The topological polar surface area (TPSA) is 12.9 Å². The lowest BCUT2D eigenvalue weighted by molar-refractivity contribution is 0.357. The van der Waals surface area contributed by atoms with Gasteiger partial charge in [0, 0.05) is 11.8 Å². The normalized spacial score (nSPS) is 18.3. The Labute approximate surface area is 166 Å². The molecule has 0 radical (unpaired) electrons. The Morgan fingerprint density at radius 3 is 2.52 bits per heavy atom. The smallest absolute Gasteiger partial charge is 0.0799 e. The van der Waals surface area contributed by atoms with E-state index < -0.39 is 8.07 Å². The molecule has 144 valence electrons. The van der Waals surface area contributed by atoms with E-state index in [0.29, 0.717) is 0 Å². The van der Waals surface area contributed by atoms with Crippen LogP contribution in [0.5, 0.6) is 0 Å². The van der Waals surface area contributed by atoms with Gasteiger partial charge in [-0.25, -0.2) is 0 Å². The summed E-state index contributed by atoms with van der Waals surface area (Å²) >= 11 is 0. The molecule has 0 N–H and O–H groups in total. The van der Waals surface area contributed by atoms with Crippen LogP contribution in [0.3, 0.4) is 0 Å². The summed E-state index contributed by atoms with van der Waals surface area (Å²) in [5, 5.41) is 1.58. The molecule has 2 aromatic rings. The molecule has 1 aromatic heterocycles. The fourth-order valence-corrected chi connectivity index (χ4v) is 6.80. The van der Waals surface area contributed by atoms with Gasteiger partial charge in [0.1, 0.15) is 0 Å². The summed E-state index contributed by atoms with van der Waals surface area (Å²) in [5.41, 5.74) is 7.37. The van der Waals surface area contributed by atoms with Gasteiger partial charge < -0.3 is 0 Å². The molecule has 2 aliphatic rings. The van der Waals surface area contributed by atoms with Crippen LogP contribution in [0.25, 0.3) is 11.3 Å². The molecule has 1 fully saturated rings. The van der Waals surface area contributed by atoms with E-state index in [1.807, 2.05) is 0 Å². The average molecular weight is 378 g/mol. The molecular weight excluding hydrogens is 342 g/mol. The van der Waals surface area contributed by atoms with Crippen molar-refractivity contribution in [3.63, 3.8) is 0 Å². The minimum Gasteiger partial charge on any atom is -0.256 e. The number of fused-ring (bicyclic) bond motifs is 1. The van der Waals surface area contributed by atoms with E-state index in [9.17, 15) is 0 Å². The van der Waals surface area contributed by atoms with Crippen molar-refractivity contribution in [2.24, 2.45) is 5.92 Å². The first-order valence-corrected chi connectivity index (χ1v) is 14.6. The van der Waals surface area contributed by atoms with Gasteiger partial charge in [0.05, 0.1) is 13.8 Å². The number of hydrogen-bond acceptors (Lipinski definition) is 1. The molecule has 2 aliphatic carbocycles. The van der Waals surface area contributed by atoms with Crippen LogP contribution in [0.1, 0.15) is 61.6 Å². The summed E-state index contributed by atoms with van der Waals surface area (Å²) in [5.74, 6) is 0.883. The number of aromatic nitrogens is 1. The Bertz CT molecular complexity index is 796. The summed E-state index contributed by atoms with van der Waals surface area (Å²) in [6.45, 7) is 7.41. The van der Waals surface area contributed by atoms with Crippen LogP contribution in [0, 0.1) is 5.92 Å². The van der Waals surface area contributed by atoms with Crippen LogP contribution in [0.2, 0.25) is 19.6 Å². The number of aryl methyl sites for hydroxylation is 1. The third-order valence-electron chi connectivity index (χ3n) is 6.70. The van der Waals surface area contributed by atoms with Gasteiger partial charge in [-0.15, -0.1) is 0 Å². The SMILES string of the molecule is C[Si](C)(C)c1cnc(-c2cccc3c2CCCC3)cc1CC1CCCCC1. The fraction of sp³-hybridized carbons (Fsp3) is 0.560. The van der Waals surface area contributed by atoms with Gasteiger partial charge in [0.15, 0.2) is 0 Å². The molecule has 0 unspecified atom stereocenters. The van der Waals surface area contributed by atoms with Crippen LogP contribution in [0.4, 0.5) is 0 Å². The second-order valence-electron chi connectivity index (χ2n) is 9.84. The van der Waals surface area contributed by atoms with Crippen LogP contribution in [0.15, 0.2) is 30.5 Å². The Morgan fingerprint density at radius 1 is 0.963 bits per heavy atom. The summed E-state index contributed by atoms with van der Waals surface area (Å²) in [6.07, 6.45) is 15.8. The number of rotatable bonds is 4. The molecule has 1 aromatic carbocycles. The van der Waals surface area contributed by atoms with E-state index in [0.717, 1.165) is 5.92 Å². The molecule has 0 spiro atoms. The molecule has 4 rings (SSSR count). The van der Waals surface area contributed by atoms with E-state index in [2.05, 4.69) is 50.1 Å². The van der Waals surface area contributed by atoms with Gasteiger partial charge in [-0.2, -0.15) is 0 Å². The second-order valence-corrected chi connectivity index (χ2v) is 14.9. The lowest BCUT2D eigenvalue weighted by atomic mass is 9.84. The van der Waals surface area contributed by atoms with Gasteiger partial charge >= 0.3 is 0 Å². The van der Waals surface area contributed by atoms with Crippen molar-refractivity contribution < 1.29 is 0 Å². The highest BCUT2D eigenvalue weighted by Gasteiger charge is 2.24. The van der Waals surface area contributed by atoms with Crippen molar-refractivity contribution >= 4 is 13.3 Å². The molecular formula is C25H35NSi. The van der Waals surface area contributed by atoms with Gasteiger partial charge in [-0.1, -0.05) is 69.9 Å². The molecule has 0 atom stereocenters. The van der Waals surface area contributed by atoms with Crippen molar-refractivity contribution in [3.8, 4) is 11.3 Å². The Balaban J connectivity index is 1.73. The predicted octanol–water partition coefficient (Wildman–Crippen LogP) is 6.30. The molecule has 0 amide bonds. The lowest BCUT2D eigenvalue weighted by Gasteiger charge is -2.27. The summed E-state index contributed by atoms with van der Waals surface area (Å²) in [4.78, 5) is 5.01. The largest absolute Gasteiger partial charge is 0.256 e. The van der Waals surface area contributed by atoms with Crippen molar-refractivity contribution in [1.29, 1.82) is 0 Å². The first kappa shape index (κ1) is 18.9. The van der Waals surface area contributed by atoms with E-state index in [1.165, 1.54) is 75.5 Å². The van der Waals surface area contributed by atoms with Gasteiger partial charge in [-0.05, 0) is 66.0 Å². The van der Waals surface area contributed by atoms with E-state index in [-0.39, 0.29) is 0 Å². The van der Waals surface area contributed by atoms with E-state index in [4.69, 9.17) is 4.98 Å². The Kier molecular flexibility index (Phi) is 5.54. The third kappa shape index (κ3) is 4.21. The number of nitrogens with zero attached hydrogens (tertiary/aromatic N) is 1. The van der Waals surface area contributed by atoms with Crippen molar-refractivity contribution in [3.05, 3.63) is 47.2 Å². The predicted molar refractivity (Wildman–Crippen MR) is 120 cm³/mol. The average Bonchev–Trinajstić information content (AvgIpc) is 2.67. The molecule has 1 saturated carbocycles.